The van der Waals surface area contributed by atoms with Gasteiger partial charge >= 0.3 is 0 Å². The molecule has 1 aromatic heterocycles. The summed E-state index contributed by atoms with van der Waals surface area (Å²) >= 11 is 0. The summed E-state index contributed by atoms with van der Waals surface area (Å²) in [5, 5.41) is 8.91. The van der Waals surface area contributed by atoms with E-state index in [1.807, 2.05) is 23.1 Å². The lowest BCUT2D eigenvalue weighted by Gasteiger charge is -2.30. The summed E-state index contributed by atoms with van der Waals surface area (Å²) < 4.78 is 7.68. The second kappa shape index (κ2) is 7.76. The molecular formula is C21H28N6O2. The smallest absolute Gasteiger partial charge is 0.254 e. The van der Waals surface area contributed by atoms with Crippen LogP contribution in [-0.4, -0.2) is 76.9 Å². The number of hydrogen-bond acceptors (Lipinski definition) is 6. The molecule has 0 aliphatic carbocycles. The van der Waals surface area contributed by atoms with Crippen molar-refractivity contribution in [2.24, 2.45) is 0 Å². The number of carbonyl (C=O) groups is 1. The van der Waals surface area contributed by atoms with Gasteiger partial charge in [0.1, 0.15) is 5.82 Å². The van der Waals surface area contributed by atoms with Crippen molar-refractivity contribution in [2.75, 3.05) is 51.3 Å². The van der Waals surface area contributed by atoms with Crippen molar-refractivity contribution in [3.05, 3.63) is 41.5 Å². The van der Waals surface area contributed by atoms with Gasteiger partial charge in [0.05, 0.1) is 25.8 Å². The Kier molecular flexibility index (Phi) is 4.97. The van der Waals surface area contributed by atoms with E-state index in [0.717, 1.165) is 88.2 Å². The van der Waals surface area contributed by atoms with Gasteiger partial charge in [0.25, 0.3) is 5.91 Å². The van der Waals surface area contributed by atoms with Crippen LogP contribution in [0.3, 0.4) is 0 Å². The number of rotatable bonds is 3. The lowest BCUT2D eigenvalue weighted by molar-refractivity contribution is 0.0725. The monoisotopic (exact) mass is 396 g/mol. The predicted octanol–water partition coefficient (Wildman–Crippen LogP) is 1.54. The Hall–Kier alpha value is -2.45. The largest absolute Gasteiger partial charge is 0.378 e. The number of nitrogens with zero attached hydrogens (tertiary/aromatic N) is 6. The SMILES string of the molecule is CN1CCn2c(nnc2[C@@H]2CCCN2C(=O)c2cccc(N3CCOCC3)c2)C1. The lowest BCUT2D eigenvalue weighted by Crippen LogP contribution is -2.37. The number of aromatic nitrogens is 3. The van der Waals surface area contributed by atoms with Crippen molar-refractivity contribution in [2.45, 2.75) is 32.0 Å². The molecule has 154 valence electrons. The van der Waals surface area contributed by atoms with Crippen molar-refractivity contribution in [1.82, 2.24) is 24.6 Å². The number of ether oxygens (including phenoxy) is 1. The Labute approximate surface area is 171 Å². The van der Waals surface area contributed by atoms with E-state index in [1.54, 1.807) is 0 Å². The molecule has 5 rings (SSSR count). The maximum atomic E-state index is 13.4. The topological polar surface area (TPSA) is 66.7 Å². The Morgan fingerprint density at radius 1 is 1.10 bits per heavy atom. The summed E-state index contributed by atoms with van der Waals surface area (Å²) in [5.74, 6) is 2.04. The van der Waals surface area contributed by atoms with Gasteiger partial charge in [-0.2, -0.15) is 0 Å². The molecule has 0 spiro atoms. The molecule has 1 atom stereocenters. The molecule has 0 N–H and O–H groups in total. The minimum absolute atomic E-state index is 0.0131. The van der Waals surface area contributed by atoms with E-state index >= 15 is 0 Å². The van der Waals surface area contributed by atoms with Crippen molar-refractivity contribution in [1.29, 1.82) is 0 Å². The number of likely N-dealkylation sites (tertiary alicyclic amines) is 1. The van der Waals surface area contributed by atoms with Gasteiger partial charge in [0, 0.05) is 44.0 Å². The number of benzene rings is 1. The van der Waals surface area contributed by atoms with E-state index in [2.05, 4.69) is 37.7 Å². The zero-order chi connectivity index (χ0) is 19.8. The Bertz CT molecular complexity index is 891. The number of morpholine rings is 1. The summed E-state index contributed by atoms with van der Waals surface area (Å²) in [7, 11) is 2.10. The Morgan fingerprint density at radius 2 is 1.97 bits per heavy atom. The third-order valence-electron chi connectivity index (χ3n) is 6.25. The third-order valence-corrected chi connectivity index (χ3v) is 6.25. The average Bonchev–Trinajstić information content (AvgIpc) is 3.40. The molecule has 0 radical (unpaired) electrons. The fraction of sp³-hybridized carbons (Fsp3) is 0.571. The fourth-order valence-electron chi connectivity index (χ4n) is 4.65. The number of hydrogen-bond donors (Lipinski definition) is 0. The molecule has 0 bridgehead atoms. The zero-order valence-corrected chi connectivity index (χ0v) is 17.0. The van der Waals surface area contributed by atoms with Crippen LogP contribution in [0.25, 0.3) is 0 Å². The van der Waals surface area contributed by atoms with Gasteiger partial charge < -0.3 is 19.1 Å². The van der Waals surface area contributed by atoms with Gasteiger partial charge in [0.15, 0.2) is 5.82 Å². The van der Waals surface area contributed by atoms with E-state index < -0.39 is 0 Å². The van der Waals surface area contributed by atoms with Crippen molar-refractivity contribution < 1.29 is 9.53 Å². The summed E-state index contributed by atoms with van der Waals surface area (Å²) in [6.45, 7) is 6.66. The summed E-state index contributed by atoms with van der Waals surface area (Å²) in [5.41, 5.74) is 1.84. The van der Waals surface area contributed by atoms with Gasteiger partial charge in [-0.05, 0) is 38.1 Å². The van der Waals surface area contributed by atoms with Crippen molar-refractivity contribution in [3.8, 4) is 0 Å². The quantitative estimate of drug-likeness (QED) is 0.784. The van der Waals surface area contributed by atoms with Crippen LogP contribution in [0.15, 0.2) is 24.3 Å². The van der Waals surface area contributed by atoms with Crippen LogP contribution >= 0.6 is 0 Å². The Balaban J connectivity index is 1.38. The van der Waals surface area contributed by atoms with Crippen LogP contribution < -0.4 is 4.90 Å². The molecule has 8 heteroatoms. The molecule has 8 nitrogen and oxygen atoms in total. The summed E-state index contributed by atoms with van der Waals surface area (Å²) in [6, 6.07) is 8.03. The number of carbonyl (C=O) groups excluding carboxylic acids is 1. The van der Waals surface area contributed by atoms with Crippen LogP contribution in [0.1, 0.15) is 40.9 Å². The third kappa shape index (κ3) is 3.51. The number of anilines is 1. The number of likely N-dealkylation sites (N-methyl/N-ethyl adjacent to an activating group) is 1. The first-order valence-electron chi connectivity index (χ1n) is 10.5. The van der Waals surface area contributed by atoms with Crippen LogP contribution in [-0.2, 0) is 17.8 Å². The molecule has 1 amide bonds. The minimum Gasteiger partial charge on any atom is -0.378 e. The molecule has 1 aromatic carbocycles. The predicted molar refractivity (Wildman–Crippen MR) is 109 cm³/mol. The van der Waals surface area contributed by atoms with E-state index in [4.69, 9.17) is 4.74 Å². The van der Waals surface area contributed by atoms with Crippen LogP contribution in [0.5, 0.6) is 0 Å². The van der Waals surface area contributed by atoms with Gasteiger partial charge in [-0.25, -0.2) is 0 Å². The van der Waals surface area contributed by atoms with Gasteiger partial charge in [-0.15, -0.1) is 10.2 Å². The summed E-state index contributed by atoms with van der Waals surface area (Å²) in [6.07, 6.45) is 1.95. The molecule has 3 aliphatic rings. The lowest BCUT2D eigenvalue weighted by atomic mass is 10.1. The van der Waals surface area contributed by atoms with Gasteiger partial charge in [0.2, 0.25) is 0 Å². The second-order valence-corrected chi connectivity index (χ2v) is 8.17. The minimum atomic E-state index is 0.0131. The van der Waals surface area contributed by atoms with Crippen LogP contribution in [0.4, 0.5) is 5.69 Å². The zero-order valence-electron chi connectivity index (χ0n) is 17.0. The molecule has 3 aliphatic heterocycles. The normalized spacial score (nSPS) is 22.7. The molecular weight excluding hydrogens is 368 g/mol. The molecule has 29 heavy (non-hydrogen) atoms. The molecule has 0 saturated carbocycles. The highest BCUT2D eigenvalue weighted by molar-refractivity contribution is 5.95. The first-order chi connectivity index (χ1) is 14.2. The molecule has 0 unspecified atom stereocenters. The molecule has 2 fully saturated rings. The summed E-state index contributed by atoms with van der Waals surface area (Å²) in [4.78, 5) is 20.0. The highest BCUT2D eigenvalue weighted by Crippen LogP contribution is 2.33. The number of fused-ring (bicyclic) bond motifs is 1. The van der Waals surface area contributed by atoms with Crippen LogP contribution in [0, 0.1) is 0 Å². The van der Waals surface area contributed by atoms with E-state index in [0.29, 0.717) is 0 Å². The van der Waals surface area contributed by atoms with Gasteiger partial charge in [-0.1, -0.05) is 6.07 Å². The highest BCUT2D eigenvalue weighted by atomic mass is 16.5. The van der Waals surface area contributed by atoms with Crippen molar-refractivity contribution >= 4 is 11.6 Å². The van der Waals surface area contributed by atoms with Crippen LogP contribution in [0.2, 0.25) is 0 Å². The second-order valence-electron chi connectivity index (χ2n) is 8.17. The maximum Gasteiger partial charge on any atom is 0.254 e. The number of amides is 1. The van der Waals surface area contributed by atoms with Gasteiger partial charge in [-0.3, -0.25) is 9.69 Å². The molecule has 2 aromatic rings. The molecule has 2 saturated heterocycles. The average molecular weight is 396 g/mol. The standard InChI is InChI=1S/C21H28N6O2/c1-24-8-9-27-19(15-24)22-23-20(27)18-6-3-7-26(18)21(28)16-4-2-5-17(14-16)25-10-12-29-13-11-25/h2,4-5,14,18H,3,6-13,15H2,1H3/t18-/m0/s1. The van der Waals surface area contributed by atoms with E-state index in [1.165, 1.54) is 0 Å². The fourth-order valence-corrected chi connectivity index (χ4v) is 4.65. The highest BCUT2D eigenvalue weighted by Gasteiger charge is 2.35. The molecule has 4 heterocycles. The van der Waals surface area contributed by atoms with E-state index in [-0.39, 0.29) is 11.9 Å². The van der Waals surface area contributed by atoms with E-state index in [9.17, 15) is 4.79 Å². The Morgan fingerprint density at radius 3 is 2.83 bits per heavy atom. The first kappa shape index (κ1) is 18.6. The van der Waals surface area contributed by atoms with Crippen molar-refractivity contribution in [3.63, 3.8) is 0 Å². The maximum absolute atomic E-state index is 13.4. The first-order valence-corrected chi connectivity index (χ1v) is 10.5.